The predicted molar refractivity (Wildman–Crippen MR) is 103 cm³/mol. The lowest BCUT2D eigenvalue weighted by Gasteiger charge is -2.09. The van der Waals surface area contributed by atoms with E-state index in [1.807, 2.05) is 55.5 Å². The van der Waals surface area contributed by atoms with E-state index in [1.165, 1.54) is 0 Å². The van der Waals surface area contributed by atoms with E-state index in [2.05, 4.69) is 15.6 Å². The van der Waals surface area contributed by atoms with Crippen molar-refractivity contribution in [2.24, 2.45) is 0 Å². The third-order valence-electron chi connectivity index (χ3n) is 4.21. The van der Waals surface area contributed by atoms with Crippen LogP contribution in [0.1, 0.15) is 21.5 Å². The van der Waals surface area contributed by atoms with Gasteiger partial charge in [0, 0.05) is 12.1 Å². The second-order valence-electron chi connectivity index (χ2n) is 6.30. The second kappa shape index (κ2) is 7.37. The highest BCUT2D eigenvalue weighted by Gasteiger charge is 2.13. The molecule has 6 heteroatoms. The molecular weight excluding hydrogens is 342 g/mol. The monoisotopic (exact) mass is 361 g/mol. The Hall–Kier alpha value is -3.54. The summed E-state index contributed by atoms with van der Waals surface area (Å²) in [5.41, 5.74) is 3.39. The summed E-state index contributed by atoms with van der Waals surface area (Å²) in [7, 11) is 0. The Morgan fingerprint density at radius 2 is 1.96 bits per heavy atom. The van der Waals surface area contributed by atoms with Crippen LogP contribution in [0.5, 0.6) is 11.5 Å². The minimum Gasteiger partial charge on any atom is -0.454 e. The zero-order chi connectivity index (χ0) is 18.6. The van der Waals surface area contributed by atoms with Crippen molar-refractivity contribution >= 4 is 17.4 Å². The molecule has 2 aromatic carbocycles. The molecule has 2 N–H and O–H groups in total. The Bertz CT molecular complexity index is 971. The molecule has 0 bridgehead atoms. The maximum Gasteiger partial charge on any atom is 0.255 e. The molecule has 136 valence electrons. The van der Waals surface area contributed by atoms with Gasteiger partial charge in [-0.3, -0.25) is 4.79 Å². The fourth-order valence-electron chi connectivity index (χ4n) is 2.81. The average molecular weight is 361 g/mol. The summed E-state index contributed by atoms with van der Waals surface area (Å²) in [5.74, 6) is 2.10. The first-order valence-corrected chi connectivity index (χ1v) is 8.64. The van der Waals surface area contributed by atoms with Gasteiger partial charge in [-0.25, -0.2) is 4.98 Å². The zero-order valence-electron chi connectivity index (χ0n) is 14.9. The number of rotatable bonds is 5. The SMILES string of the molecule is Cc1cccc(C(=O)Nc2ccc(NCc3ccc4c(c3)OCO4)nc2)c1. The van der Waals surface area contributed by atoms with Crippen LogP contribution in [0, 0.1) is 6.92 Å². The molecule has 2 heterocycles. The largest absolute Gasteiger partial charge is 0.454 e. The molecule has 0 saturated carbocycles. The normalized spacial score (nSPS) is 11.9. The van der Waals surface area contributed by atoms with Crippen LogP contribution in [0.15, 0.2) is 60.8 Å². The Kier molecular flexibility index (Phi) is 4.61. The standard InChI is InChI=1S/C21H19N3O3/c1-14-3-2-4-16(9-14)21(25)24-17-6-8-20(23-12-17)22-11-15-5-7-18-19(10-15)27-13-26-18/h2-10,12H,11,13H2,1H3,(H,22,23)(H,24,25). The molecule has 0 aliphatic carbocycles. The van der Waals surface area contributed by atoms with Gasteiger partial charge in [-0.05, 0) is 48.9 Å². The summed E-state index contributed by atoms with van der Waals surface area (Å²) in [5, 5.41) is 6.11. The summed E-state index contributed by atoms with van der Waals surface area (Å²) >= 11 is 0. The average Bonchev–Trinajstić information content (AvgIpc) is 3.15. The van der Waals surface area contributed by atoms with E-state index in [0.29, 0.717) is 17.8 Å². The van der Waals surface area contributed by atoms with Crippen LogP contribution in [-0.4, -0.2) is 17.7 Å². The van der Waals surface area contributed by atoms with Crippen LogP contribution in [0.3, 0.4) is 0 Å². The number of ether oxygens (including phenoxy) is 2. The van der Waals surface area contributed by atoms with Gasteiger partial charge >= 0.3 is 0 Å². The molecule has 1 aromatic heterocycles. The van der Waals surface area contributed by atoms with E-state index in [1.54, 1.807) is 12.3 Å². The zero-order valence-corrected chi connectivity index (χ0v) is 14.9. The number of pyridine rings is 1. The Morgan fingerprint density at radius 3 is 2.78 bits per heavy atom. The molecule has 0 fully saturated rings. The molecule has 0 atom stereocenters. The summed E-state index contributed by atoms with van der Waals surface area (Å²) in [6, 6.07) is 17.0. The van der Waals surface area contributed by atoms with Crippen molar-refractivity contribution in [2.75, 3.05) is 17.4 Å². The number of hydrogen-bond acceptors (Lipinski definition) is 5. The summed E-state index contributed by atoms with van der Waals surface area (Å²) < 4.78 is 10.7. The molecule has 0 unspecified atom stereocenters. The van der Waals surface area contributed by atoms with Crippen molar-refractivity contribution in [3.63, 3.8) is 0 Å². The highest BCUT2D eigenvalue weighted by atomic mass is 16.7. The van der Waals surface area contributed by atoms with Crippen LogP contribution < -0.4 is 20.1 Å². The van der Waals surface area contributed by atoms with Crippen molar-refractivity contribution in [2.45, 2.75) is 13.5 Å². The van der Waals surface area contributed by atoms with Crippen molar-refractivity contribution in [1.82, 2.24) is 4.98 Å². The van der Waals surface area contributed by atoms with Crippen LogP contribution in [0.2, 0.25) is 0 Å². The number of nitrogens with zero attached hydrogens (tertiary/aromatic N) is 1. The fraction of sp³-hybridized carbons (Fsp3) is 0.143. The molecule has 0 spiro atoms. The molecule has 0 radical (unpaired) electrons. The van der Waals surface area contributed by atoms with Gasteiger partial charge < -0.3 is 20.1 Å². The molecule has 0 saturated heterocycles. The van der Waals surface area contributed by atoms with E-state index in [4.69, 9.17) is 9.47 Å². The van der Waals surface area contributed by atoms with E-state index in [0.717, 1.165) is 28.4 Å². The molecular formula is C21H19N3O3. The molecule has 27 heavy (non-hydrogen) atoms. The van der Waals surface area contributed by atoms with Crippen molar-refractivity contribution in [1.29, 1.82) is 0 Å². The maximum absolute atomic E-state index is 12.3. The van der Waals surface area contributed by atoms with E-state index >= 15 is 0 Å². The molecule has 1 aliphatic rings. The van der Waals surface area contributed by atoms with Gasteiger partial charge in [-0.15, -0.1) is 0 Å². The van der Waals surface area contributed by atoms with E-state index in [-0.39, 0.29) is 12.7 Å². The fourth-order valence-corrected chi connectivity index (χ4v) is 2.81. The van der Waals surface area contributed by atoms with Crippen molar-refractivity contribution in [3.05, 3.63) is 77.5 Å². The summed E-state index contributed by atoms with van der Waals surface area (Å²) in [4.78, 5) is 16.6. The lowest BCUT2D eigenvalue weighted by molar-refractivity contribution is 0.102. The minimum atomic E-state index is -0.151. The number of aromatic nitrogens is 1. The molecule has 1 amide bonds. The quantitative estimate of drug-likeness (QED) is 0.719. The minimum absolute atomic E-state index is 0.151. The molecule has 3 aromatic rings. The van der Waals surface area contributed by atoms with Gasteiger partial charge in [0.05, 0.1) is 11.9 Å². The van der Waals surface area contributed by atoms with Crippen LogP contribution >= 0.6 is 0 Å². The Labute approximate surface area is 157 Å². The summed E-state index contributed by atoms with van der Waals surface area (Å²) in [6.07, 6.45) is 1.63. The van der Waals surface area contributed by atoms with Gasteiger partial charge in [0.25, 0.3) is 5.91 Å². The van der Waals surface area contributed by atoms with E-state index < -0.39 is 0 Å². The van der Waals surface area contributed by atoms with Crippen LogP contribution in [0.4, 0.5) is 11.5 Å². The third kappa shape index (κ3) is 4.00. The molecule has 1 aliphatic heterocycles. The first-order valence-electron chi connectivity index (χ1n) is 8.64. The summed E-state index contributed by atoms with van der Waals surface area (Å²) in [6.45, 7) is 2.83. The molecule has 4 rings (SSSR count). The molecule has 6 nitrogen and oxygen atoms in total. The number of carbonyl (C=O) groups is 1. The van der Waals surface area contributed by atoms with Gasteiger partial charge in [-0.1, -0.05) is 23.8 Å². The first kappa shape index (κ1) is 16.9. The topological polar surface area (TPSA) is 72.5 Å². The Morgan fingerprint density at radius 1 is 1.07 bits per heavy atom. The lowest BCUT2D eigenvalue weighted by atomic mass is 10.1. The van der Waals surface area contributed by atoms with E-state index in [9.17, 15) is 4.79 Å². The number of aryl methyl sites for hydroxylation is 1. The van der Waals surface area contributed by atoms with Crippen LogP contribution in [0.25, 0.3) is 0 Å². The number of nitrogens with one attached hydrogen (secondary N) is 2. The van der Waals surface area contributed by atoms with Gasteiger partial charge in [0.2, 0.25) is 6.79 Å². The number of hydrogen-bond donors (Lipinski definition) is 2. The highest BCUT2D eigenvalue weighted by molar-refractivity contribution is 6.04. The number of carbonyl (C=O) groups excluding carboxylic acids is 1. The number of benzene rings is 2. The number of anilines is 2. The smallest absolute Gasteiger partial charge is 0.255 e. The second-order valence-corrected chi connectivity index (χ2v) is 6.30. The van der Waals surface area contributed by atoms with Crippen LogP contribution in [-0.2, 0) is 6.54 Å². The maximum atomic E-state index is 12.3. The van der Waals surface area contributed by atoms with Crippen molar-refractivity contribution in [3.8, 4) is 11.5 Å². The first-order chi connectivity index (χ1) is 13.2. The third-order valence-corrected chi connectivity index (χ3v) is 4.21. The predicted octanol–water partition coefficient (Wildman–Crippen LogP) is 3.98. The highest BCUT2D eigenvalue weighted by Crippen LogP contribution is 2.32. The number of amides is 1. The Balaban J connectivity index is 1.35. The number of fused-ring (bicyclic) bond motifs is 1. The van der Waals surface area contributed by atoms with Gasteiger partial charge in [0.15, 0.2) is 11.5 Å². The van der Waals surface area contributed by atoms with Crippen molar-refractivity contribution < 1.29 is 14.3 Å². The van der Waals surface area contributed by atoms with Gasteiger partial charge in [-0.2, -0.15) is 0 Å². The van der Waals surface area contributed by atoms with Gasteiger partial charge in [0.1, 0.15) is 5.82 Å². The lowest BCUT2D eigenvalue weighted by Crippen LogP contribution is -2.12.